The van der Waals surface area contributed by atoms with Gasteiger partial charge in [0.15, 0.2) is 5.11 Å². The van der Waals surface area contributed by atoms with E-state index < -0.39 is 0 Å². The van der Waals surface area contributed by atoms with Gasteiger partial charge in [0.1, 0.15) is 0 Å². The average molecular weight is 313 g/mol. The van der Waals surface area contributed by atoms with Gasteiger partial charge < -0.3 is 14.8 Å². The third kappa shape index (κ3) is 2.75. The smallest absolute Gasteiger partial charge is 0.174 e. The Morgan fingerprint density at radius 2 is 1.91 bits per heavy atom. The van der Waals surface area contributed by atoms with E-state index in [-0.39, 0.29) is 0 Å². The summed E-state index contributed by atoms with van der Waals surface area (Å²) in [6.07, 6.45) is 1.06. The number of benzene rings is 1. The molecule has 3 rings (SSSR count). The van der Waals surface area contributed by atoms with Crippen molar-refractivity contribution in [3.63, 3.8) is 0 Å². The normalized spacial score (nSPS) is 17.2. The zero-order chi connectivity index (χ0) is 15.7. The van der Waals surface area contributed by atoms with Crippen LogP contribution in [0.25, 0.3) is 0 Å². The van der Waals surface area contributed by atoms with Crippen molar-refractivity contribution in [2.75, 3.05) is 11.9 Å². The van der Waals surface area contributed by atoms with Gasteiger partial charge >= 0.3 is 0 Å². The van der Waals surface area contributed by atoms with Crippen molar-refractivity contribution in [3.05, 3.63) is 53.3 Å². The van der Waals surface area contributed by atoms with Crippen LogP contribution in [0.5, 0.6) is 0 Å². The van der Waals surface area contributed by atoms with Crippen LogP contribution in [0.2, 0.25) is 0 Å². The summed E-state index contributed by atoms with van der Waals surface area (Å²) in [7, 11) is 0. The van der Waals surface area contributed by atoms with Crippen LogP contribution in [0.3, 0.4) is 0 Å². The van der Waals surface area contributed by atoms with Crippen LogP contribution >= 0.6 is 12.2 Å². The zero-order valence-electron chi connectivity index (χ0n) is 13.5. The summed E-state index contributed by atoms with van der Waals surface area (Å²) in [6.45, 7) is 8.49. The van der Waals surface area contributed by atoms with Crippen LogP contribution < -0.4 is 5.32 Å². The van der Waals surface area contributed by atoms with E-state index in [1.54, 1.807) is 0 Å². The molecule has 3 nitrogen and oxygen atoms in total. The predicted octanol–water partition coefficient (Wildman–Crippen LogP) is 4.13. The van der Waals surface area contributed by atoms with E-state index in [0.717, 1.165) is 30.3 Å². The first kappa shape index (κ1) is 15.1. The molecule has 1 aromatic carbocycles. The van der Waals surface area contributed by atoms with Gasteiger partial charge in [0, 0.05) is 30.2 Å². The van der Waals surface area contributed by atoms with Gasteiger partial charge in [-0.15, -0.1) is 0 Å². The lowest BCUT2D eigenvalue weighted by molar-refractivity contribution is 0.274. The molecule has 0 saturated heterocycles. The van der Waals surface area contributed by atoms with E-state index in [9.17, 15) is 0 Å². The van der Waals surface area contributed by atoms with Gasteiger partial charge in [0.25, 0.3) is 0 Å². The molecule has 1 aromatic heterocycles. The highest BCUT2D eigenvalue weighted by Crippen LogP contribution is 2.27. The summed E-state index contributed by atoms with van der Waals surface area (Å²) < 4.78 is 2.39. The fourth-order valence-electron chi connectivity index (χ4n) is 3.12. The minimum absolute atomic E-state index is 0.303. The third-order valence-corrected chi connectivity index (χ3v) is 4.90. The Labute approximate surface area is 137 Å². The number of nitrogens with zero attached hydrogens (tertiary/aromatic N) is 2. The van der Waals surface area contributed by atoms with Crippen LogP contribution in [-0.4, -0.2) is 21.1 Å². The van der Waals surface area contributed by atoms with Gasteiger partial charge in [-0.1, -0.05) is 19.1 Å². The van der Waals surface area contributed by atoms with Gasteiger partial charge in [0.05, 0.1) is 6.04 Å². The Bertz CT molecular complexity index is 672. The summed E-state index contributed by atoms with van der Waals surface area (Å²) in [5.74, 6) is 0. The topological polar surface area (TPSA) is 20.2 Å². The van der Waals surface area contributed by atoms with Gasteiger partial charge in [0.2, 0.25) is 0 Å². The van der Waals surface area contributed by atoms with E-state index >= 15 is 0 Å². The SMILES string of the molecule is CCc1ccc(NC(=S)N2CCn3c(C)ccc3[C@H]2C)cc1. The molecule has 4 heteroatoms. The maximum atomic E-state index is 5.64. The van der Waals surface area contributed by atoms with E-state index in [0.29, 0.717) is 6.04 Å². The molecular formula is C18H23N3S. The molecule has 1 aliphatic heterocycles. The van der Waals surface area contributed by atoms with Crippen molar-refractivity contribution in [1.82, 2.24) is 9.47 Å². The molecule has 2 heterocycles. The molecule has 0 amide bonds. The first-order valence-corrected chi connectivity index (χ1v) is 8.33. The molecule has 22 heavy (non-hydrogen) atoms. The van der Waals surface area contributed by atoms with Gasteiger partial charge in [-0.3, -0.25) is 0 Å². The lowest BCUT2D eigenvalue weighted by atomic mass is 10.1. The highest BCUT2D eigenvalue weighted by molar-refractivity contribution is 7.80. The molecule has 0 aliphatic carbocycles. The summed E-state index contributed by atoms with van der Waals surface area (Å²) >= 11 is 5.64. The van der Waals surface area contributed by atoms with Crippen molar-refractivity contribution in [2.24, 2.45) is 0 Å². The lowest BCUT2D eigenvalue weighted by Crippen LogP contribution is -2.43. The van der Waals surface area contributed by atoms with Crippen LogP contribution in [0.4, 0.5) is 5.69 Å². The summed E-state index contributed by atoms with van der Waals surface area (Å²) in [4.78, 5) is 2.28. The molecule has 116 valence electrons. The third-order valence-electron chi connectivity index (χ3n) is 4.57. The second kappa shape index (κ2) is 6.13. The molecule has 0 fully saturated rings. The van der Waals surface area contributed by atoms with E-state index in [1.807, 2.05) is 0 Å². The van der Waals surface area contributed by atoms with Crippen molar-refractivity contribution >= 4 is 23.0 Å². The van der Waals surface area contributed by atoms with Crippen LogP contribution in [-0.2, 0) is 13.0 Å². The highest BCUT2D eigenvalue weighted by atomic mass is 32.1. The lowest BCUT2D eigenvalue weighted by Gasteiger charge is -2.37. The summed E-state index contributed by atoms with van der Waals surface area (Å²) in [5, 5.41) is 4.19. The zero-order valence-corrected chi connectivity index (χ0v) is 14.3. The number of hydrogen-bond acceptors (Lipinski definition) is 1. The fraction of sp³-hybridized carbons (Fsp3) is 0.389. The number of fused-ring (bicyclic) bond motifs is 1. The van der Waals surface area contributed by atoms with E-state index in [2.05, 4.69) is 72.0 Å². The standard InChI is InChI=1S/C18H23N3S/c1-4-15-6-8-16(9-7-15)19-18(22)21-12-11-20-13(2)5-10-17(20)14(21)3/h5-10,14H,4,11-12H2,1-3H3,(H,19,22)/t14-/m1/s1. The molecule has 0 spiro atoms. The van der Waals surface area contributed by atoms with Crippen molar-refractivity contribution in [3.8, 4) is 0 Å². The number of anilines is 1. The Kier molecular flexibility index (Phi) is 4.21. The van der Waals surface area contributed by atoms with Crippen molar-refractivity contribution in [2.45, 2.75) is 39.8 Å². The summed E-state index contributed by atoms with van der Waals surface area (Å²) in [5.41, 5.74) is 5.08. The maximum absolute atomic E-state index is 5.64. The number of hydrogen-bond donors (Lipinski definition) is 1. The van der Waals surface area contributed by atoms with Crippen LogP contribution in [0.1, 0.15) is 36.8 Å². The predicted molar refractivity (Wildman–Crippen MR) is 96.3 cm³/mol. The molecule has 0 bridgehead atoms. The Balaban J connectivity index is 1.72. The monoisotopic (exact) mass is 313 g/mol. The number of thiocarbonyl (C=S) groups is 1. The first-order valence-electron chi connectivity index (χ1n) is 7.92. The Morgan fingerprint density at radius 1 is 1.18 bits per heavy atom. The van der Waals surface area contributed by atoms with Gasteiger partial charge in [-0.05, 0) is 62.3 Å². The van der Waals surface area contributed by atoms with E-state index in [4.69, 9.17) is 12.2 Å². The molecule has 0 unspecified atom stereocenters. The Morgan fingerprint density at radius 3 is 2.59 bits per heavy atom. The van der Waals surface area contributed by atoms with Gasteiger partial charge in [-0.2, -0.15) is 0 Å². The minimum Gasteiger partial charge on any atom is -0.345 e. The Hall–Kier alpha value is -1.81. The summed E-state index contributed by atoms with van der Waals surface area (Å²) in [6, 6.07) is 13.2. The number of nitrogens with one attached hydrogen (secondary N) is 1. The molecular weight excluding hydrogens is 290 g/mol. The molecule has 2 aromatic rings. The number of aromatic nitrogens is 1. The first-order chi connectivity index (χ1) is 10.6. The second-order valence-electron chi connectivity index (χ2n) is 5.90. The second-order valence-corrected chi connectivity index (χ2v) is 6.29. The van der Waals surface area contributed by atoms with Crippen molar-refractivity contribution in [1.29, 1.82) is 0 Å². The molecule has 0 radical (unpaired) electrons. The van der Waals surface area contributed by atoms with Gasteiger partial charge in [-0.25, -0.2) is 0 Å². The van der Waals surface area contributed by atoms with Crippen LogP contribution in [0, 0.1) is 6.92 Å². The van der Waals surface area contributed by atoms with Crippen LogP contribution in [0.15, 0.2) is 36.4 Å². The minimum atomic E-state index is 0.303. The quantitative estimate of drug-likeness (QED) is 0.842. The van der Waals surface area contributed by atoms with Crippen molar-refractivity contribution < 1.29 is 0 Å². The highest BCUT2D eigenvalue weighted by Gasteiger charge is 2.26. The van der Waals surface area contributed by atoms with E-state index in [1.165, 1.54) is 17.0 Å². The molecule has 0 saturated carbocycles. The number of aryl methyl sites for hydroxylation is 2. The number of rotatable bonds is 2. The maximum Gasteiger partial charge on any atom is 0.174 e. The molecule has 1 atom stereocenters. The largest absolute Gasteiger partial charge is 0.345 e. The molecule has 1 aliphatic rings. The fourth-order valence-corrected chi connectivity index (χ4v) is 3.48. The average Bonchev–Trinajstić information content (AvgIpc) is 2.90. The molecule has 1 N–H and O–H groups in total.